The van der Waals surface area contributed by atoms with E-state index in [1.165, 1.54) is 5.01 Å². The third-order valence-corrected chi connectivity index (χ3v) is 5.29. The second kappa shape index (κ2) is 8.88. The predicted octanol–water partition coefficient (Wildman–Crippen LogP) is 4.98. The van der Waals surface area contributed by atoms with E-state index in [0.717, 1.165) is 11.1 Å². The molecule has 158 valence electrons. The topological polar surface area (TPSA) is 70.7 Å². The Bertz CT molecular complexity index is 1120. The molecule has 0 saturated heterocycles. The van der Waals surface area contributed by atoms with Gasteiger partial charge in [0.25, 0.3) is 11.8 Å². The maximum absolute atomic E-state index is 13.2. The van der Waals surface area contributed by atoms with Gasteiger partial charge in [0.1, 0.15) is 11.9 Å². The van der Waals surface area contributed by atoms with E-state index in [1.54, 1.807) is 42.5 Å². The Morgan fingerprint density at radius 2 is 1.71 bits per heavy atom. The summed E-state index contributed by atoms with van der Waals surface area (Å²) < 4.78 is 5.49. The van der Waals surface area contributed by atoms with Gasteiger partial charge >= 0.3 is 0 Å². The molecule has 1 aliphatic heterocycles. The first kappa shape index (κ1) is 21.0. The molecule has 3 aromatic carbocycles. The zero-order valence-electron chi connectivity index (χ0n) is 16.6. The highest BCUT2D eigenvalue weighted by Gasteiger charge is 2.34. The first-order chi connectivity index (χ1) is 14.9. The lowest BCUT2D eigenvalue weighted by Crippen LogP contribution is -2.53. The third-order valence-electron chi connectivity index (χ3n) is 4.80. The van der Waals surface area contributed by atoms with Gasteiger partial charge in [-0.2, -0.15) is 0 Å². The van der Waals surface area contributed by atoms with Crippen LogP contribution in [0.15, 0.2) is 66.7 Å². The van der Waals surface area contributed by atoms with Crippen LogP contribution < -0.4 is 15.5 Å². The molecule has 0 bridgehead atoms. The van der Waals surface area contributed by atoms with Crippen LogP contribution in [0.4, 0.5) is 5.69 Å². The molecular formula is C23H19Cl2N3O3. The minimum absolute atomic E-state index is 0.269. The Hall–Kier alpha value is -3.22. The summed E-state index contributed by atoms with van der Waals surface area (Å²) in [4.78, 5) is 25.8. The van der Waals surface area contributed by atoms with Gasteiger partial charge in [0.15, 0.2) is 6.61 Å². The van der Waals surface area contributed by atoms with Gasteiger partial charge in [-0.05, 0) is 55.0 Å². The molecule has 1 heterocycles. The van der Waals surface area contributed by atoms with Gasteiger partial charge in [-0.25, -0.2) is 5.01 Å². The standard InChI is InChI=1S/C23H19Cl2N3O3/c1-14-2-4-15(5-3-14)22-26-20-11-8-17(25)12-19(20)23(30)28(22)27-21(29)13-31-18-9-6-16(24)7-10-18/h2-12,22,26H,13H2,1H3,(H,27,29). The summed E-state index contributed by atoms with van der Waals surface area (Å²) in [5.74, 6) is -0.357. The predicted molar refractivity (Wildman–Crippen MR) is 120 cm³/mol. The molecule has 1 aliphatic rings. The van der Waals surface area contributed by atoms with Crippen molar-refractivity contribution in [1.82, 2.24) is 10.4 Å². The molecule has 0 saturated carbocycles. The number of hydrogen-bond acceptors (Lipinski definition) is 4. The number of nitrogens with zero attached hydrogens (tertiary/aromatic N) is 1. The Morgan fingerprint density at radius 3 is 2.42 bits per heavy atom. The van der Waals surface area contributed by atoms with Crippen LogP contribution in [0.25, 0.3) is 0 Å². The molecule has 4 rings (SSSR count). The second-order valence-electron chi connectivity index (χ2n) is 7.10. The smallest absolute Gasteiger partial charge is 0.276 e. The number of carbonyl (C=O) groups excluding carboxylic acids is 2. The van der Waals surface area contributed by atoms with Crippen molar-refractivity contribution in [3.63, 3.8) is 0 Å². The highest BCUT2D eigenvalue weighted by molar-refractivity contribution is 6.31. The molecule has 0 radical (unpaired) electrons. The summed E-state index contributed by atoms with van der Waals surface area (Å²) in [6.07, 6.45) is -0.596. The van der Waals surface area contributed by atoms with Crippen LogP contribution >= 0.6 is 23.2 Å². The highest BCUT2D eigenvalue weighted by Crippen LogP contribution is 2.33. The molecule has 2 N–H and O–H groups in total. The summed E-state index contributed by atoms with van der Waals surface area (Å²) in [5.41, 5.74) is 5.58. The molecule has 2 amide bonds. The summed E-state index contributed by atoms with van der Waals surface area (Å²) in [5, 5.41) is 5.56. The Morgan fingerprint density at radius 1 is 1.03 bits per heavy atom. The highest BCUT2D eigenvalue weighted by atomic mass is 35.5. The Kier molecular flexibility index (Phi) is 6.02. The molecule has 0 fully saturated rings. The van der Waals surface area contributed by atoms with Crippen LogP contribution in [0.3, 0.4) is 0 Å². The SMILES string of the molecule is Cc1ccc(C2Nc3ccc(Cl)cc3C(=O)N2NC(=O)COc2ccc(Cl)cc2)cc1. The number of amides is 2. The zero-order chi connectivity index (χ0) is 22.0. The molecule has 0 aromatic heterocycles. The lowest BCUT2D eigenvalue weighted by molar-refractivity contribution is -0.127. The summed E-state index contributed by atoms with van der Waals surface area (Å²) in [6, 6.07) is 19.4. The number of hydrazine groups is 1. The van der Waals surface area contributed by atoms with E-state index in [0.29, 0.717) is 27.0 Å². The number of ether oxygens (including phenoxy) is 1. The monoisotopic (exact) mass is 455 g/mol. The van der Waals surface area contributed by atoms with E-state index in [2.05, 4.69) is 10.7 Å². The van der Waals surface area contributed by atoms with E-state index in [1.807, 2.05) is 31.2 Å². The lowest BCUT2D eigenvalue weighted by atomic mass is 10.0. The van der Waals surface area contributed by atoms with Crippen LogP contribution in [0.5, 0.6) is 5.75 Å². The quantitative estimate of drug-likeness (QED) is 0.568. The van der Waals surface area contributed by atoms with Crippen molar-refractivity contribution >= 4 is 40.7 Å². The van der Waals surface area contributed by atoms with Crippen LogP contribution in [-0.2, 0) is 4.79 Å². The Labute approximate surface area is 189 Å². The van der Waals surface area contributed by atoms with Gasteiger partial charge in [-0.1, -0.05) is 53.0 Å². The van der Waals surface area contributed by atoms with E-state index >= 15 is 0 Å². The first-order valence-electron chi connectivity index (χ1n) is 9.55. The average molecular weight is 456 g/mol. The maximum atomic E-state index is 13.2. The van der Waals surface area contributed by atoms with Crippen molar-refractivity contribution in [2.45, 2.75) is 13.1 Å². The number of rotatable bonds is 5. The average Bonchev–Trinajstić information content (AvgIpc) is 2.76. The number of fused-ring (bicyclic) bond motifs is 1. The van der Waals surface area contributed by atoms with Crippen LogP contribution in [0.2, 0.25) is 10.0 Å². The van der Waals surface area contributed by atoms with Gasteiger partial charge in [0, 0.05) is 15.7 Å². The lowest BCUT2D eigenvalue weighted by Gasteiger charge is -2.37. The molecule has 31 heavy (non-hydrogen) atoms. The number of nitrogens with one attached hydrogen (secondary N) is 2. The molecule has 6 nitrogen and oxygen atoms in total. The Balaban J connectivity index is 1.56. The summed E-state index contributed by atoms with van der Waals surface area (Å²) in [6.45, 7) is 1.71. The van der Waals surface area contributed by atoms with Gasteiger partial charge < -0.3 is 10.1 Å². The fourth-order valence-electron chi connectivity index (χ4n) is 3.22. The van der Waals surface area contributed by atoms with Crippen molar-refractivity contribution in [3.05, 3.63) is 93.5 Å². The molecule has 3 aromatic rings. The molecule has 1 atom stereocenters. The third kappa shape index (κ3) is 4.76. The fraction of sp³-hybridized carbons (Fsp3) is 0.130. The van der Waals surface area contributed by atoms with Crippen molar-refractivity contribution in [2.24, 2.45) is 0 Å². The van der Waals surface area contributed by atoms with Gasteiger partial charge in [-0.15, -0.1) is 0 Å². The number of halogens is 2. The molecule has 0 aliphatic carbocycles. The molecule has 1 unspecified atom stereocenters. The first-order valence-corrected chi connectivity index (χ1v) is 10.3. The zero-order valence-corrected chi connectivity index (χ0v) is 18.1. The van der Waals surface area contributed by atoms with Crippen LogP contribution in [0, 0.1) is 6.92 Å². The fourth-order valence-corrected chi connectivity index (χ4v) is 3.52. The van der Waals surface area contributed by atoms with E-state index in [-0.39, 0.29) is 12.5 Å². The van der Waals surface area contributed by atoms with Crippen molar-refractivity contribution in [2.75, 3.05) is 11.9 Å². The van der Waals surface area contributed by atoms with Crippen molar-refractivity contribution in [3.8, 4) is 5.75 Å². The van der Waals surface area contributed by atoms with Gasteiger partial charge in [0.2, 0.25) is 0 Å². The van der Waals surface area contributed by atoms with Crippen molar-refractivity contribution in [1.29, 1.82) is 0 Å². The number of carbonyl (C=O) groups is 2. The van der Waals surface area contributed by atoms with Crippen LogP contribution in [-0.4, -0.2) is 23.4 Å². The number of hydrogen-bond donors (Lipinski definition) is 2. The normalized spacial score (nSPS) is 15.1. The number of anilines is 1. The van der Waals surface area contributed by atoms with E-state index < -0.39 is 12.1 Å². The van der Waals surface area contributed by atoms with Gasteiger partial charge in [0.05, 0.1) is 5.56 Å². The van der Waals surface area contributed by atoms with E-state index in [9.17, 15) is 9.59 Å². The second-order valence-corrected chi connectivity index (χ2v) is 7.97. The maximum Gasteiger partial charge on any atom is 0.276 e. The molecule has 0 spiro atoms. The van der Waals surface area contributed by atoms with Gasteiger partial charge in [-0.3, -0.25) is 15.0 Å². The molecular weight excluding hydrogens is 437 g/mol. The number of benzene rings is 3. The summed E-state index contributed by atoms with van der Waals surface area (Å²) in [7, 11) is 0. The van der Waals surface area contributed by atoms with E-state index in [4.69, 9.17) is 27.9 Å². The van der Waals surface area contributed by atoms with Crippen LogP contribution in [0.1, 0.15) is 27.7 Å². The van der Waals surface area contributed by atoms with Crippen molar-refractivity contribution < 1.29 is 14.3 Å². The minimum atomic E-state index is -0.596. The summed E-state index contributed by atoms with van der Waals surface area (Å²) >= 11 is 11.9. The molecule has 8 heteroatoms. The minimum Gasteiger partial charge on any atom is -0.484 e. The number of aryl methyl sites for hydroxylation is 1. The largest absolute Gasteiger partial charge is 0.484 e.